The van der Waals surface area contributed by atoms with Gasteiger partial charge in [-0.2, -0.15) is 0 Å². The Morgan fingerprint density at radius 2 is 1.88 bits per heavy atom. The summed E-state index contributed by atoms with van der Waals surface area (Å²) < 4.78 is 10.3. The lowest BCUT2D eigenvalue weighted by Crippen LogP contribution is -2.54. The van der Waals surface area contributed by atoms with E-state index in [0.717, 1.165) is 0 Å². The van der Waals surface area contributed by atoms with Crippen molar-refractivity contribution < 1.29 is 23.9 Å². The van der Waals surface area contributed by atoms with E-state index >= 15 is 0 Å². The van der Waals surface area contributed by atoms with Gasteiger partial charge in [0.15, 0.2) is 0 Å². The minimum Gasteiger partial charge on any atom is -0.468 e. The van der Waals surface area contributed by atoms with Gasteiger partial charge in [-0.05, 0) is 25.0 Å². The molecule has 2 aliphatic heterocycles. The molecule has 2 aliphatic rings. The molecule has 2 atom stereocenters. The number of esters is 2. The lowest BCUT2D eigenvalue weighted by Gasteiger charge is -2.39. The zero-order valence-corrected chi connectivity index (χ0v) is 20.0. The van der Waals surface area contributed by atoms with Crippen molar-refractivity contribution in [1.29, 1.82) is 0 Å². The molecule has 2 N–H and O–H groups in total. The number of rotatable bonds is 8. The van der Waals surface area contributed by atoms with Crippen LogP contribution in [0.2, 0.25) is 5.02 Å². The quantitative estimate of drug-likeness (QED) is 0.552. The first-order chi connectivity index (χ1) is 15.9. The highest BCUT2D eigenvalue weighted by molar-refractivity contribution is 6.31. The Balaban J connectivity index is 1.75. The number of hydrogen-bond acceptors (Lipinski definition) is 7. The van der Waals surface area contributed by atoms with Crippen molar-refractivity contribution in [3.8, 4) is 0 Å². The Bertz CT molecular complexity index is 914. The molecule has 0 aromatic heterocycles. The van der Waals surface area contributed by atoms with Crippen molar-refractivity contribution in [2.45, 2.75) is 32.4 Å². The zero-order valence-electron chi connectivity index (χ0n) is 19.2. The summed E-state index contributed by atoms with van der Waals surface area (Å²) in [4.78, 5) is 41.5. The van der Waals surface area contributed by atoms with Crippen molar-refractivity contribution >= 4 is 29.6 Å². The molecule has 2 heterocycles. The van der Waals surface area contributed by atoms with Crippen LogP contribution in [0, 0.1) is 0 Å². The van der Waals surface area contributed by atoms with Crippen LogP contribution in [-0.4, -0.2) is 80.3 Å². The predicted molar refractivity (Wildman–Crippen MR) is 124 cm³/mol. The standard InChI is InChI=1S/C23H31ClN4O5/c1-4-17-19(21(29)33-5-2)18(26-23(31)25-17)14-27-10-12-28(13-11-27)20(22(30)32-3)15-8-6-7-9-16(15)24/h6-9,17,20H,4-5,10-14H2,1-3H3,(H2,25,26,31)/t17-,20+/m1/s1. The highest BCUT2D eigenvalue weighted by atomic mass is 35.5. The fourth-order valence-electron chi connectivity index (χ4n) is 4.27. The van der Waals surface area contributed by atoms with E-state index in [4.69, 9.17) is 21.1 Å². The number of carbonyl (C=O) groups is 3. The second-order valence-electron chi connectivity index (χ2n) is 7.93. The molecule has 0 saturated carbocycles. The summed E-state index contributed by atoms with van der Waals surface area (Å²) in [6.45, 7) is 6.79. The molecule has 2 amide bonds. The molecule has 33 heavy (non-hydrogen) atoms. The van der Waals surface area contributed by atoms with Gasteiger partial charge < -0.3 is 20.1 Å². The molecule has 0 unspecified atom stereocenters. The number of carbonyl (C=O) groups excluding carboxylic acids is 3. The third-order valence-electron chi connectivity index (χ3n) is 5.92. The van der Waals surface area contributed by atoms with E-state index in [1.807, 2.05) is 30.0 Å². The van der Waals surface area contributed by atoms with Gasteiger partial charge in [-0.3, -0.25) is 9.80 Å². The summed E-state index contributed by atoms with van der Waals surface area (Å²) in [5.74, 6) is -0.782. The molecule has 180 valence electrons. The topological polar surface area (TPSA) is 100 Å². The Hall–Kier alpha value is -2.62. The van der Waals surface area contributed by atoms with Gasteiger partial charge in [0.25, 0.3) is 0 Å². The lowest BCUT2D eigenvalue weighted by atomic mass is 9.99. The second-order valence-corrected chi connectivity index (χ2v) is 8.34. The molecule has 10 heteroatoms. The fourth-order valence-corrected chi connectivity index (χ4v) is 4.51. The minimum absolute atomic E-state index is 0.260. The molecule has 1 aromatic carbocycles. The van der Waals surface area contributed by atoms with Gasteiger partial charge in [0, 0.05) is 43.4 Å². The van der Waals surface area contributed by atoms with Gasteiger partial charge >= 0.3 is 18.0 Å². The van der Waals surface area contributed by atoms with Gasteiger partial charge in [0.1, 0.15) is 6.04 Å². The Kier molecular flexibility index (Phi) is 8.71. The molecule has 9 nitrogen and oxygen atoms in total. The number of ether oxygens (including phenoxy) is 2. The largest absolute Gasteiger partial charge is 0.468 e. The fraction of sp³-hybridized carbons (Fsp3) is 0.522. The molecule has 0 radical (unpaired) electrons. The van der Waals surface area contributed by atoms with Crippen molar-refractivity contribution in [3.63, 3.8) is 0 Å². The SMILES string of the molecule is CCOC(=O)C1=C(CN2CCN([C@H](C(=O)OC)c3ccccc3Cl)CC2)NC(=O)N[C@@H]1CC. The highest BCUT2D eigenvalue weighted by Crippen LogP contribution is 2.29. The van der Waals surface area contributed by atoms with Crippen LogP contribution >= 0.6 is 11.6 Å². The van der Waals surface area contributed by atoms with E-state index in [2.05, 4.69) is 15.5 Å². The first-order valence-corrected chi connectivity index (χ1v) is 11.5. The molecule has 1 saturated heterocycles. The molecule has 0 spiro atoms. The van der Waals surface area contributed by atoms with E-state index in [1.165, 1.54) is 7.11 Å². The number of nitrogens with zero attached hydrogens (tertiary/aromatic N) is 2. The lowest BCUT2D eigenvalue weighted by molar-refractivity contribution is -0.148. The normalized spacial score (nSPS) is 20.6. The van der Waals surface area contributed by atoms with E-state index in [-0.39, 0.29) is 18.6 Å². The number of amides is 2. The number of halogens is 1. The van der Waals surface area contributed by atoms with Crippen LogP contribution in [0.5, 0.6) is 0 Å². The maximum atomic E-state index is 12.6. The number of nitrogens with one attached hydrogen (secondary N) is 2. The molecule has 0 bridgehead atoms. The van der Waals surface area contributed by atoms with Crippen LogP contribution in [0.25, 0.3) is 0 Å². The summed E-state index contributed by atoms with van der Waals surface area (Å²) in [5, 5.41) is 6.10. The van der Waals surface area contributed by atoms with Gasteiger partial charge in [-0.25, -0.2) is 14.4 Å². The molecule has 3 rings (SSSR count). The summed E-state index contributed by atoms with van der Waals surface area (Å²) in [6.07, 6.45) is 0.581. The van der Waals surface area contributed by atoms with E-state index in [9.17, 15) is 14.4 Å². The van der Waals surface area contributed by atoms with Gasteiger partial charge in [0.2, 0.25) is 0 Å². The monoisotopic (exact) mass is 478 g/mol. The maximum absolute atomic E-state index is 12.6. The number of hydrogen-bond donors (Lipinski definition) is 2. The molecule has 1 aromatic rings. The zero-order chi connectivity index (χ0) is 24.0. The number of piperazine rings is 1. The third-order valence-corrected chi connectivity index (χ3v) is 6.27. The van der Waals surface area contributed by atoms with Crippen molar-refractivity contribution in [1.82, 2.24) is 20.4 Å². The van der Waals surface area contributed by atoms with Gasteiger partial charge in [0.05, 0.1) is 25.3 Å². The van der Waals surface area contributed by atoms with Crippen LogP contribution in [0.4, 0.5) is 4.79 Å². The van der Waals surface area contributed by atoms with Gasteiger partial charge in [-0.15, -0.1) is 0 Å². The Morgan fingerprint density at radius 3 is 2.48 bits per heavy atom. The molecular formula is C23H31ClN4O5. The average molecular weight is 479 g/mol. The smallest absolute Gasteiger partial charge is 0.337 e. The minimum atomic E-state index is -0.594. The van der Waals surface area contributed by atoms with E-state index < -0.39 is 18.1 Å². The molecular weight excluding hydrogens is 448 g/mol. The summed E-state index contributed by atoms with van der Waals surface area (Å²) in [5.41, 5.74) is 1.74. The van der Waals surface area contributed by atoms with E-state index in [1.54, 1.807) is 13.0 Å². The predicted octanol–water partition coefficient (Wildman–Crippen LogP) is 2.08. The molecule has 1 fully saturated rings. The summed E-state index contributed by atoms with van der Waals surface area (Å²) in [7, 11) is 1.37. The Labute approximate surface area is 199 Å². The maximum Gasteiger partial charge on any atom is 0.337 e. The summed E-state index contributed by atoms with van der Waals surface area (Å²) in [6, 6.07) is 5.96. The number of urea groups is 1. The average Bonchev–Trinajstić information content (AvgIpc) is 2.81. The number of benzene rings is 1. The van der Waals surface area contributed by atoms with Crippen molar-refractivity contribution in [3.05, 3.63) is 46.1 Å². The summed E-state index contributed by atoms with van der Waals surface area (Å²) >= 11 is 6.37. The first kappa shape index (κ1) is 25.0. The van der Waals surface area contributed by atoms with Crippen LogP contribution in [0.1, 0.15) is 31.9 Å². The Morgan fingerprint density at radius 1 is 1.18 bits per heavy atom. The third kappa shape index (κ3) is 5.85. The van der Waals surface area contributed by atoms with Crippen LogP contribution < -0.4 is 10.6 Å². The van der Waals surface area contributed by atoms with Gasteiger partial charge in [-0.1, -0.05) is 36.7 Å². The van der Waals surface area contributed by atoms with Crippen LogP contribution in [-0.2, 0) is 19.1 Å². The second kappa shape index (κ2) is 11.5. The first-order valence-electron chi connectivity index (χ1n) is 11.2. The number of methoxy groups -OCH3 is 1. The van der Waals surface area contributed by atoms with Crippen LogP contribution in [0.3, 0.4) is 0 Å². The van der Waals surface area contributed by atoms with Crippen molar-refractivity contribution in [2.75, 3.05) is 46.4 Å². The van der Waals surface area contributed by atoms with Crippen LogP contribution in [0.15, 0.2) is 35.5 Å². The van der Waals surface area contributed by atoms with Crippen molar-refractivity contribution in [2.24, 2.45) is 0 Å². The van der Waals surface area contributed by atoms with E-state index in [0.29, 0.717) is 61.0 Å². The molecule has 0 aliphatic carbocycles. The highest BCUT2D eigenvalue weighted by Gasteiger charge is 2.35.